The van der Waals surface area contributed by atoms with Crippen LogP contribution in [0.3, 0.4) is 0 Å². The average Bonchev–Trinajstić information content (AvgIpc) is 2.59. The largest absolute Gasteiger partial charge is 0.465 e. The van der Waals surface area contributed by atoms with Gasteiger partial charge in [-0.25, -0.2) is 9.79 Å². The van der Waals surface area contributed by atoms with E-state index in [1.807, 2.05) is 23.9 Å². The normalized spacial score (nSPS) is 10.7. The fourth-order valence-electron chi connectivity index (χ4n) is 1.95. The van der Waals surface area contributed by atoms with Gasteiger partial charge >= 0.3 is 5.97 Å². The summed E-state index contributed by atoms with van der Waals surface area (Å²) in [4.78, 5) is 16.0. The van der Waals surface area contributed by atoms with E-state index in [9.17, 15) is 4.79 Å². The first-order chi connectivity index (χ1) is 11.2. The molecule has 136 valence electrons. The lowest BCUT2D eigenvalue weighted by molar-refractivity contribution is 0.0600. The first-order valence-electron chi connectivity index (χ1n) is 7.89. The van der Waals surface area contributed by atoms with Crippen molar-refractivity contribution in [2.24, 2.45) is 4.99 Å². The summed E-state index contributed by atoms with van der Waals surface area (Å²) in [5.41, 5.74) is 1.61. The van der Waals surface area contributed by atoms with E-state index < -0.39 is 0 Å². The van der Waals surface area contributed by atoms with Gasteiger partial charge in [0.15, 0.2) is 5.96 Å². The van der Waals surface area contributed by atoms with Crippen LogP contribution in [-0.4, -0.2) is 44.1 Å². The van der Waals surface area contributed by atoms with Gasteiger partial charge in [-0.05, 0) is 49.5 Å². The number of rotatable bonds is 9. The minimum absolute atomic E-state index is 0. The summed E-state index contributed by atoms with van der Waals surface area (Å²) in [6.07, 6.45) is 4.48. The zero-order chi connectivity index (χ0) is 16.9. The molecular weight excluding hydrogens is 437 g/mol. The second-order valence-corrected chi connectivity index (χ2v) is 6.00. The summed E-state index contributed by atoms with van der Waals surface area (Å²) in [6, 6.07) is 7.33. The number of unbranched alkanes of at least 4 members (excludes halogenated alkanes) is 1. The lowest BCUT2D eigenvalue weighted by Gasteiger charge is -2.11. The maximum atomic E-state index is 11.4. The summed E-state index contributed by atoms with van der Waals surface area (Å²) in [5, 5.41) is 6.59. The molecule has 7 heteroatoms. The number of carbonyl (C=O) groups excluding carboxylic acids is 1. The Morgan fingerprint density at radius 3 is 2.50 bits per heavy atom. The molecule has 0 radical (unpaired) electrons. The molecule has 0 aliphatic heterocycles. The van der Waals surface area contributed by atoms with Crippen molar-refractivity contribution in [3.63, 3.8) is 0 Å². The molecule has 1 aromatic carbocycles. The van der Waals surface area contributed by atoms with Gasteiger partial charge < -0.3 is 15.4 Å². The summed E-state index contributed by atoms with van der Waals surface area (Å²) in [5.74, 6) is 1.70. The van der Waals surface area contributed by atoms with Crippen LogP contribution >= 0.6 is 35.7 Å². The molecule has 0 spiro atoms. The highest BCUT2D eigenvalue weighted by Gasteiger charge is 2.04. The summed E-state index contributed by atoms with van der Waals surface area (Å²) >= 11 is 1.88. The van der Waals surface area contributed by atoms with Gasteiger partial charge in [-0.3, -0.25) is 0 Å². The lowest BCUT2D eigenvalue weighted by atomic mass is 10.1. The number of ether oxygens (including phenoxy) is 1. The maximum absolute atomic E-state index is 11.4. The van der Waals surface area contributed by atoms with Gasteiger partial charge in [0.2, 0.25) is 0 Å². The number of aliphatic imine (C=N–C) groups is 1. The predicted molar refractivity (Wildman–Crippen MR) is 114 cm³/mol. The highest BCUT2D eigenvalue weighted by atomic mass is 127. The van der Waals surface area contributed by atoms with Crippen LogP contribution in [0.15, 0.2) is 29.3 Å². The number of hydrogen-bond acceptors (Lipinski definition) is 4. The summed E-state index contributed by atoms with van der Waals surface area (Å²) in [7, 11) is 1.38. The van der Waals surface area contributed by atoms with Crippen LogP contribution < -0.4 is 10.6 Å². The quantitative estimate of drug-likeness (QED) is 0.193. The van der Waals surface area contributed by atoms with Gasteiger partial charge in [0.1, 0.15) is 0 Å². The highest BCUT2D eigenvalue weighted by molar-refractivity contribution is 14.0. The minimum atomic E-state index is -0.319. The first kappa shape index (κ1) is 23.0. The number of esters is 1. The molecule has 1 aromatic rings. The SMILES string of the molecule is CCNC(=NCc1ccc(C(=O)OC)cc1)NCCCCSC.I. The second kappa shape index (κ2) is 14.4. The van der Waals surface area contributed by atoms with Crippen molar-refractivity contribution >= 4 is 47.7 Å². The molecule has 2 N–H and O–H groups in total. The van der Waals surface area contributed by atoms with Crippen LogP contribution in [0.5, 0.6) is 0 Å². The van der Waals surface area contributed by atoms with Gasteiger partial charge in [-0.15, -0.1) is 24.0 Å². The van der Waals surface area contributed by atoms with Crippen molar-refractivity contribution in [3.05, 3.63) is 35.4 Å². The number of guanidine groups is 1. The molecule has 0 fully saturated rings. The fourth-order valence-corrected chi connectivity index (χ4v) is 2.45. The molecule has 0 aliphatic carbocycles. The van der Waals surface area contributed by atoms with E-state index in [2.05, 4.69) is 28.8 Å². The number of methoxy groups -OCH3 is 1. The van der Waals surface area contributed by atoms with Crippen LogP contribution in [0, 0.1) is 0 Å². The number of nitrogens with one attached hydrogen (secondary N) is 2. The Kier molecular flexibility index (Phi) is 13.8. The molecule has 0 bridgehead atoms. The number of nitrogens with zero attached hydrogens (tertiary/aromatic N) is 1. The van der Waals surface area contributed by atoms with Crippen molar-refractivity contribution in [1.82, 2.24) is 10.6 Å². The fraction of sp³-hybridized carbons (Fsp3) is 0.529. The summed E-state index contributed by atoms with van der Waals surface area (Å²) in [6.45, 7) is 4.38. The van der Waals surface area contributed by atoms with Crippen LogP contribution in [-0.2, 0) is 11.3 Å². The number of hydrogen-bond donors (Lipinski definition) is 2. The van der Waals surface area contributed by atoms with Crippen LogP contribution in [0.4, 0.5) is 0 Å². The van der Waals surface area contributed by atoms with Gasteiger partial charge in [0, 0.05) is 13.1 Å². The third kappa shape index (κ3) is 9.36. The molecular formula is C17H28IN3O2S. The number of halogens is 1. The van der Waals surface area contributed by atoms with E-state index in [4.69, 9.17) is 4.74 Å². The smallest absolute Gasteiger partial charge is 0.337 e. The minimum Gasteiger partial charge on any atom is -0.465 e. The predicted octanol–water partition coefficient (Wildman–Crippen LogP) is 3.29. The highest BCUT2D eigenvalue weighted by Crippen LogP contribution is 2.07. The van der Waals surface area contributed by atoms with E-state index >= 15 is 0 Å². The monoisotopic (exact) mass is 465 g/mol. The van der Waals surface area contributed by atoms with Crippen molar-refractivity contribution < 1.29 is 9.53 Å². The zero-order valence-corrected chi connectivity index (χ0v) is 17.8. The van der Waals surface area contributed by atoms with Crippen LogP contribution in [0.2, 0.25) is 0 Å². The molecule has 0 amide bonds. The Morgan fingerprint density at radius 1 is 1.21 bits per heavy atom. The van der Waals surface area contributed by atoms with E-state index in [0.29, 0.717) is 12.1 Å². The molecule has 0 aliphatic rings. The topological polar surface area (TPSA) is 62.7 Å². The maximum Gasteiger partial charge on any atom is 0.337 e. The van der Waals surface area contributed by atoms with Gasteiger partial charge in [-0.1, -0.05) is 12.1 Å². The first-order valence-corrected chi connectivity index (χ1v) is 9.29. The third-order valence-corrected chi connectivity index (χ3v) is 3.90. The van der Waals surface area contributed by atoms with Crippen molar-refractivity contribution in [1.29, 1.82) is 0 Å². The van der Waals surface area contributed by atoms with Crippen LogP contribution in [0.1, 0.15) is 35.7 Å². The van der Waals surface area contributed by atoms with Crippen molar-refractivity contribution in [2.75, 3.05) is 32.2 Å². The van der Waals surface area contributed by atoms with Crippen LogP contribution in [0.25, 0.3) is 0 Å². The number of benzene rings is 1. The van der Waals surface area contributed by atoms with Gasteiger partial charge in [-0.2, -0.15) is 11.8 Å². The molecule has 0 saturated carbocycles. The van der Waals surface area contributed by atoms with Gasteiger partial charge in [0.25, 0.3) is 0 Å². The zero-order valence-electron chi connectivity index (χ0n) is 14.6. The Bertz CT molecular complexity index is 495. The third-order valence-electron chi connectivity index (χ3n) is 3.21. The van der Waals surface area contributed by atoms with E-state index in [0.717, 1.165) is 31.0 Å². The second-order valence-electron chi connectivity index (χ2n) is 5.01. The number of carbonyl (C=O) groups is 1. The molecule has 5 nitrogen and oxygen atoms in total. The van der Waals surface area contributed by atoms with Gasteiger partial charge in [0.05, 0.1) is 19.2 Å². The van der Waals surface area contributed by atoms with E-state index in [-0.39, 0.29) is 29.9 Å². The molecule has 24 heavy (non-hydrogen) atoms. The van der Waals surface area contributed by atoms with Crippen molar-refractivity contribution in [3.8, 4) is 0 Å². The molecule has 0 unspecified atom stereocenters. The summed E-state index contributed by atoms with van der Waals surface area (Å²) < 4.78 is 4.69. The lowest BCUT2D eigenvalue weighted by Crippen LogP contribution is -2.37. The Labute approximate surface area is 166 Å². The molecule has 1 rings (SSSR count). The Morgan fingerprint density at radius 2 is 1.92 bits per heavy atom. The van der Waals surface area contributed by atoms with Crippen molar-refractivity contribution in [2.45, 2.75) is 26.3 Å². The molecule has 0 aromatic heterocycles. The van der Waals surface area contributed by atoms with E-state index in [1.54, 1.807) is 12.1 Å². The molecule has 0 saturated heterocycles. The average molecular weight is 465 g/mol. The Balaban J connectivity index is 0.00000529. The molecule has 0 heterocycles. The molecule has 0 atom stereocenters. The number of thioether (sulfide) groups is 1. The Hall–Kier alpha value is -0.960. The standard InChI is InChI=1S/C17H27N3O2S.HI/c1-4-18-17(19-11-5-6-12-23-3)20-13-14-7-9-15(10-8-14)16(21)22-2;/h7-10H,4-6,11-13H2,1-3H3,(H2,18,19,20);1H. The van der Waals surface area contributed by atoms with E-state index in [1.165, 1.54) is 19.3 Å².